The van der Waals surface area contributed by atoms with Crippen molar-refractivity contribution >= 4 is 0 Å². The molecule has 0 aromatic carbocycles. The lowest BCUT2D eigenvalue weighted by atomic mass is 10.1. The van der Waals surface area contributed by atoms with Crippen LogP contribution in [0.15, 0.2) is 0 Å². The highest BCUT2D eigenvalue weighted by Gasteiger charge is 2.12. The fourth-order valence-corrected chi connectivity index (χ4v) is 3.31. The van der Waals surface area contributed by atoms with E-state index in [0.29, 0.717) is 0 Å². The molecule has 3 aliphatic heterocycles. The molecule has 0 radical (unpaired) electrons. The Morgan fingerprint density at radius 1 is 0.550 bits per heavy atom. The zero-order valence-corrected chi connectivity index (χ0v) is 13.2. The topological polar surface area (TPSA) is 30.5 Å². The van der Waals surface area contributed by atoms with E-state index in [4.69, 9.17) is 0 Å². The van der Waals surface area contributed by atoms with Crippen LogP contribution in [0, 0.1) is 0 Å². The number of likely N-dealkylation sites (tertiary alicyclic amines) is 2. The van der Waals surface area contributed by atoms with Crippen molar-refractivity contribution in [2.45, 2.75) is 38.5 Å². The Balaban J connectivity index is 0.000000205. The first kappa shape index (κ1) is 16.2. The van der Waals surface area contributed by atoms with Crippen LogP contribution in [-0.4, -0.2) is 75.2 Å². The molecule has 3 aliphatic rings. The van der Waals surface area contributed by atoms with Gasteiger partial charge in [0, 0.05) is 26.2 Å². The van der Waals surface area contributed by atoms with Crippen molar-refractivity contribution in [3.8, 4) is 0 Å². The molecule has 2 N–H and O–H groups in total. The van der Waals surface area contributed by atoms with Gasteiger partial charge in [-0.25, -0.2) is 0 Å². The molecule has 0 aromatic rings. The van der Waals surface area contributed by atoms with Gasteiger partial charge in [0.25, 0.3) is 0 Å². The maximum absolute atomic E-state index is 3.22. The van der Waals surface area contributed by atoms with Crippen LogP contribution >= 0.6 is 0 Å². The molecule has 0 spiro atoms. The molecular weight excluding hydrogens is 248 g/mol. The molecule has 0 unspecified atom stereocenters. The minimum Gasteiger partial charge on any atom is -0.314 e. The first-order chi connectivity index (χ1) is 9.95. The summed E-state index contributed by atoms with van der Waals surface area (Å²) in [6, 6.07) is 0. The van der Waals surface area contributed by atoms with Gasteiger partial charge in [-0.2, -0.15) is 0 Å². The second-order valence-electron chi connectivity index (χ2n) is 6.30. The zero-order valence-electron chi connectivity index (χ0n) is 13.2. The van der Waals surface area contributed by atoms with Gasteiger partial charge in [-0.05, 0) is 71.4 Å². The third-order valence-electron chi connectivity index (χ3n) is 4.55. The molecule has 0 saturated carbocycles. The van der Waals surface area contributed by atoms with Crippen molar-refractivity contribution in [2.24, 2.45) is 0 Å². The maximum atomic E-state index is 3.22. The average Bonchev–Trinajstić information content (AvgIpc) is 3.04. The first-order valence-electron chi connectivity index (χ1n) is 8.81. The molecule has 0 aromatic heterocycles. The Labute approximate surface area is 125 Å². The number of nitrogens with one attached hydrogen (secondary N) is 2. The van der Waals surface area contributed by atoms with Crippen molar-refractivity contribution < 1.29 is 0 Å². The predicted molar refractivity (Wildman–Crippen MR) is 86.3 cm³/mol. The summed E-state index contributed by atoms with van der Waals surface area (Å²) in [7, 11) is 0. The van der Waals surface area contributed by atoms with Crippen molar-refractivity contribution in [3.63, 3.8) is 0 Å². The van der Waals surface area contributed by atoms with E-state index in [0.717, 1.165) is 26.2 Å². The fraction of sp³-hybridized carbons (Fsp3) is 1.00. The van der Waals surface area contributed by atoms with Crippen LogP contribution in [0.25, 0.3) is 0 Å². The minimum absolute atomic E-state index is 1.14. The molecule has 3 fully saturated rings. The van der Waals surface area contributed by atoms with Crippen molar-refractivity contribution in [2.75, 3.05) is 65.4 Å². The molecule has 3 heterocycles. The largest absolute Gasteiger partial charge is 0.314 e. The summed E-state index contributed by atoms with van der Waals surface area (Å²) in [6.45, 7) is 12.7. The number of hydrogen-bond acceptors (Lipinski definition) is 4. The quantitative estimate of drug-likeness (QED) is 0.809. The molecule has 118 valence electrons. The summed E-state index contributed by atoms with van der Waals surface area (Å²) in [5.41, 5.74) is 0. The lowest BCUT2D eigenvalue weighted by molar-refractivity contribution is 0.212. The van der Waals surface area contributed by atoms with Gasteiger partial charge in [-0.15, -0.1) is 0 Å². The zero-order chi connectivity index (χ0) is 13.9. The second-order valence-corrected chi connectivity index (χ2v) is 6.30. The van der Waals surface area contributed by atoms with Crippen LogP contribution in [0.1, 0.15) is 38.5 Å². The second kappa shape index (κ2) is 10.6. The van der Waals surface area contributed by atoms with Gasteiger partial charge in [-0.3, -0.25) is 0 Å². The van der Waals surface area contributed by atoms with E-state index in [9.17, 15) is 0 Å². The highest BCUT2D eigenvalue weighted by atomic mass is 15.2. The van der Waals surface area contributed by atoms with E-state index in [2.05, 4.69) is 20.4 Å². The van der Waals surface area contributed by atoms with Crippen LogP contribution < -0.4 is 10.6 Å². The van der Waals surface area contributed by atoms with Crippen molar-refractivity contribution in [1.82, 2.24) is 20.4 Å². The Morgan fingerprint density at radius 2 is 0.950 bits per heavy atom. The summed E-state index contributed by atoms with van der Waals surface area (Å²) in [4.78, 5) is 5.28. The molecule has 0 aliphatic carbocycles. The molecule has 3 rings (SSSR count). The molecule has 0 bridgehead atoms. The minimum atomic E-state index is 1.14. The molecule has 4 nitrogen and oxygen atoms in total. The van der Waals surface area contributed by atoms with Crippen molar-refractivity contribution in [1.29, 1.82) is 0 Å². The molecule has 0 amide bonds. The predicted octanol–water partition coefficient (Wildman–Crippen LogP) is 1.14. The maximum Gasteiger partial charge on any atom is 0.00772 e. The van der Waals surface area contributed by atoms with E-state index >= 15 is 0 Å². The average molecular weight is 282 g/mol. The van der Waals surface area contributed by atoms with Crippen LogP contribution in [-0.2, 0) is 0 Å². The monoisotopic (exact) mass is 282 g/mol. The standard InChI is InChI=1S/C12H24N2.C4H10N2/c1-2-7-13(8-3-1)11-6-12-14-9-4-5-10-14;1-2-6-4-3-5-1/h1-12H2;5-6H,1-4H2. The SMILES string of the molecule is C1CCN(CCCN2CCCC2)CC1.C1CNCCN1. The summed E-state index contributed by atoms with van der Waals surface area (Å²) >= 11 is 0. The van der Waals surface area contributed by atoms with Gasteiger partial charge < -0.3 is 20.4 Å². The first-order valence-corrected chi connectivity index (χ1v) is 8.81. The lowest BCUT2D eigenvalue weighted by Crippen LogP contribution is -2.39. The lowest BCUT2D eigenvalue weighted by Gasteiger charge is -2.27. The van der Waals surface area contributed by atoms with E-state index in [1.54, 1.807) is 0 Å². The summed E-state index contributed by atoms with van der Waals surface area (Å²) in [6.07, 6.45) is 8.59. The van der Waals surface area contributed by atoms with Gasteiger partial charge >= 0.3 is 0 Å². The number of piperidine rings is 1. The highest BCUT2D eigenvalue weighted by molar-refractivity contribution is 4.69. The van der Waals surface area contributed by atoms with Gasteiger partial charge in [0.2, 0.25) is 0 Å². The van der Waals surface area contributed by atoms with Crippen LogP contribution in [0.4, 0.5) is 0 Å². The van der Waals surface area contributed by atoms with Gasteiger partial charge in [-0.1, -0.05) is 6.42 Å². The molecule has 0 atom stereocenters. The van der Waals surface area contributed by atoms with Crippen LogP contribution in [0.2, 0.25) is 0 Å². The van der Waals surface area contributed by atoms with Gasteiger partial charge in [0.15, 0.2) is 0 Å². The molecule has 20 heavy (non-hydrogen) atoms. The van der Waals surface area contributed by atoms with Crippen LogP contribution in [0.3, 0.4) is 0 Å². The number of hydrogen-bond donors (Lipinski definition) is 2. The fourth-order valence-electron chi connectivity index (χ4n) is 3.31. The normalized spacial score (nSPS) is 25.2. The number of piperazine rings is 1. The smallest absolute Gasteiger partial charge is 0.00772 e. The highest BCUT2D eigenvalue weighted by Crippen LogP contribution is 2.11. The number of nitrogens with zero attached hydrogens (tertiary/aromatic N) is 2. The third kappa shape index (κ3) is 7.02. The molecular formula is C16H34N4. The summed E-state index contributed by atoms with van der Waals surface area (Å²) < 4.78 is 0. The molecule has 3 saturated heterocycles. The Morgan fingerprint density at radius 3 is 1.35 bits per heavy atom. The summed E-state index contributed by atoms with van der Waals surface area (Å²) in [5.74, 6) is 0. The Kier molecular flexibility index (Phi) is 8.55. The third-order valence-corrected chi connectivity index (χ3v) is 4.55. The van der Waals surface area contributed by atoms with E-state index < -0.39 is 0 Å². The van der Waals surface area contributed by atoms with Crippen LogP contribution in [0.5, 0.6) is 0 Å². The van der Waals surface area contributed by atoms with Crippen molar-refractivity contribution in [3.05, 3.63) is 0 Å². The van der Waals surface area contributed by atoms with Gasteiger partial charge in [0.05, 0.1) is 0 Å². The van der Waals surface area contributed by atoms with Gasteiger partial charge in [0.1, 0.15) is 0 Å². The Bertz CT molecular complexity index is 207. The molecule has 4 heteroatoms. The van der Waals surface area contributed by atoms with E-state index in [1.165, 1.54) is 77.8 Å². The van der Waals surface area contributed by atoms with E-state index in [-0.39, 0.29) is 0 Å². The Hall–Kier alpha value is -0.160. The van der Waals surface area contributed by atoms with E-state index in [1.807, 2.05) is 0 Å². The number of rotatable bonds is 4. The summed E-state index contributed by atoms with van der Waals surface area (Å²) in [5, 5.41) is 6.44.